The molecule has 0 aliphatic heterocycles. The van der Waals surface area contributed by atoms with Gasteiger partial charge in [0.15, 0.2) is 5.65 Å². The van der Waals surface area contributed by atoms with Crippen LogP contribution in [0.4, 0.5) is 0 Å². The lowest BCUT2D eigenvalue weighted by Gasteiger charge is -2.35. The molecule has 1 fully saturated rings. The highest BCUT2D eigenvalue weighted by molar-refractivity contribution is 5.98. The SMILES string of the molecule is NC1CCC1c1ccccc1-c1nc2ccn3c(=O)[nH]nc3c2cc1-c1ccccc1. The Bertz CT molecular complexity index is 1480. The number of aromatic nitrogens is 4. The Morgan fingerprint density at radius 3 is 2.55 bits per heavy atom. The number of pyridine rings is 2. The number of benzene rings is 2. The minimum Gasteiger partial charge on any atom is -0.327 e. The van der Waals surface area contributed by atoms with Crippen LogP contribution in [0.15, 0.2) is 77.7 Å². The number of hydrogen-bond donors (Lipinski definition) is 2. The van der Waals surface area contributed by atoms with Crippen molar-refractivity contribution in [1.82, 2.24) is 19.6 Å². The Morgan fingerprint density at radius 1 is 0.968 bits per heavy atom. The molecule has 5 aromatic rings. The summed E-state index contributed by atoms with van der Waals surface area (Å²) in [6.45, 7) is 0. The summed E-state index contributed by atoms with van der Waals surface area (Å²) in [6.07, 6.45) is 3.88. The molecule has 152 valence electrons. The van der Waals surface area contributed by atoms with Gasteiger partial charge in [-0.25, -0.2) is 19.3 Å². The molecular formula is C25H21N5O. The van der Waals surface area contributed by atoms with Gasteiger partial charge in [0.05, 0.1) is 11.2 Å². The minimum absolute atomic E-state index is 0.192. The highest BCUT2D eigenvalue weighted by Crippen LogP contribution is 2.43. The molecule has 2 aromatic carbocycles. The van der Waals surface area contributed by atoms with E-state index in [1.807, 2.05) is 24.3 Å². The lowest BCUT2D eigenvalue weighted by molar-refractivity contribution is 0.347. The van der Waals surface area contributed by atoms with E-state index >= 15 is 0 Å². The van der Waals surface area contributed by atoms with Crippen LogP contribution in [0.2, 0.25) is 0 Å². The Labute approximate surface area is 178 Å². The van der Waals surface area contributed by atoms with E-state index < -0.39 is 0 Å². The molecule has 2 atom stereocenters. The molecule has 6 rings (SSSR count). The molecule has 3 N–H and O–H groups in total. The average Bonchev–Trinajstić information content (AvgIpc) is 3.19. The Hall–Kier alpha value is -3.77. The van der Waals surface area contributed by atoms with E-state index in [1.165, 1.54) is 9.96 Å². The fourth-order valence-electron chi connectivity index (χ4n) is 4.60. The molecule has 1 aliphatic rings. The van der Waals surface area contributed by atoms with E-state index in [2.05, 4.69) is 52.7 Å². The van der Waals surface area contributed by atoms with E-state index in [9.17, 15) is 4.79 Å². The maximum Gasteiger partial charge on any atom is 0.347 e. The largest absolute Gasteiger partial charge is 0.347 e. The molecule has 2 unspecified atom stereocenters. The third-order valence-electron chi connectivity index (χ3n) is 6.41. The first kappa shape index (κ1) is 18.0. The van der Waals surface area contributed by atoms with E-state index in [1.54, 1.807) is 6.20 Å². The number of nitrogens with two attached hydrogens (primary N) is 1. The molecule has 3 aromatic heterocycles. The van der Waals surface area contributed by atoms with Crippen molar-refractivity contribution < 1.29 is 0 Å². The predicted octanol–water partition coefficient (Wildman–Crippen LogP) is 4.11. The van der Waals surface area contributed by atoms with Crippen molar-refractivity contribution in [3.63, 3.8) is 0 Å². The first-order valence-corrected chi connectivity index (χ1v) is 10.5. The maximum absolute atomic E-state index is 12.1. The van der Waals surface area contributed by atoms with Gasteiger partial charge in [-0.1, -0.05) is 54.6 Å². The van der Waals surface area contributed by atoms with Crippen LogP contribution in [0.1, 0.15) is 24.3 Å². The third kappa shape index (κ3) is 2.79. The number of hydrogen-bond acceptors (Lipinski definition) is 4. The normalized spacial score (nSPS) is 18.4. The standard InChI is InChI=1S/C25H21N5O/c26-21-11-10-17(21)16-8-4-5-9-18(16)23-19(15-6-2-1-3-7-15)14-20-22(27-23)12-13-30-24(20)28-29-25(30)31/h1-9,12-14,17,21H,10-11,26H2,(H,29,31). The highest BCUT2D eigenvalue weighted by Gasteiger charge is 2.31. The fraction of sp³-hybridized carbons (Fsp3) is 0.160. The molecule has 6 nitrogen and oxygen atoms in total. The number of aromatic amines is 1. The lowest BCUT2D eigenvalue weighted by atomic mass is 9.73. The monoisotopic (exact) mass is 407 g/mol. The molecular weight excluding hydrogens is 386 g/mol. The van der Waals surface area contributed by atoms with Crippen LogP contribution in [0, 0.1) is 0 Å². The first-order chi connectivity index (χ1) is 15.2. The summed E-state index contributed by atoms with van der Waals surface area (Å²) in [5.41, 5.74) is 12.8. The number of rotatable bonds is 3. The second kappa shape index (κ2) is 6.89. The molecule has 0 saturated heterocycles. The summed E-state index contributed by atoms with van der Waals surface area (Å²) >= 11 is 0. The van der Waals surface area contributed by atoms with Crippen molar-refractivity contribution in [2.24, 2.45) is 5.73 Å². The van der Waals surface area contributed by atoms with Gasteiger partial charge in [-0.15, -0.1) is 0 Å². The second-order valence-electron chi connectivity index (χ2n) is 8.16. The summed E-state index contributed by atoms with van der Waals surface area (Å²) in [6, 6.07) is 22.8. The predicted molar refractivity (Wildman–Crippen MR) is 122 cm³/mol. The van der Waals surface area contributed by atoms with Crippen LogP contribution < -0.4 is 11.4 Å². The van der Waals surface area contributed by atoms with Crippen molar-refractivity contribution in [2.45, 2.75) is 24.8 Å². The zero-order valence-electron chi connectivity index (χ0n) is 16.8. The van der Waals surface area contributed by atoms with Gasteiger partial charge in [0.25, 0.3) is 0 Å². The molecule has 1 saturated carbocycles. The molecule has 6 heteroatoms. The Balaban J connectivity index is 1.68. The zero-order chi connectivity index (χ0) is 20.9. The van der Waals surface area contributed by atoms with Gasteiger partial charge in [-0.2, -0.15) is 5.10 Å². The van der Waals surface area contributed by atoms with Crippen molar-refractivity contribution in [3.8, 4) is 22.4 Å². The van der Waals surface area contributed by atoms with Crippen LogP contribution in [0.3, 0.4) is 0 Å². The first-order valence-electron chi connectivity index (χ1n) is 10.5. The Morgan fingerprint density at radius 2 is 1.77 bits per heavy atom. The fourth-order valence-corrected chi connectivity index (χ4v) is 4.60. The van der Waals surface area contributed by atoms with Crippen molar-refractivity contribution in [2.75, 3.05) is 0 Å². The Kier molecular flexibility index (Phi) is 4.01. The number of fused-ring (bicyclic) bond motifs is 3. The molecule has 0 amide bonds. The third-order valence-corrected chi connectivity index (χ3v) is 6.41. The highest BCUT2D eigenvalue weighted by atomic mass is 16.1. The van der Waals surface area contributed by atoms with Crippen molar-refractivity contribution in [1.29, 1.82) is 0 Å². The molecule has 0 bridgehead atoms. The molecule has 0 spiro atoms. The molecule has 31 heavy (non-hydrogen) atoms. The summed E-state index contributed by atoms with van der Waals surface area (Å²) in [7, 11) is 0. The number of nitrogens with one attached hydrogen (secondary N) is 1. The average molecular weight is 407 g/mol. The van der Waals surface area contributed by atoms with Crippen molar-refractivity contribution in [3.05, 3.63) is 89.0 Å². The van der Waals surface area contributed by atoms with E-state index in [0.717, 1.165) is 46.1 Å². The number of H-pyrrole nitrogens is 1. The lowest BCUT2D eigenvalue weighted by Crippen LogP contribution is -2.37. The quantitative estimate of drug-likeness (QED) is 0.471. The van der Waals surface area contributed by atoms with Gasteiger partial charge in [0.1, 0.15) is 0 Å². The molecule has 0 radical (unpaired) electrons. The van der Waals surface area contributed by atoms with Gasteiger partial charge in [-0.05, 0) is 42.0 Å². The van der Waals surface area contributed by atoms with Gasteiger partial charge in [-0.3, -0.25) is 0 Å². The maximum atomic E-state index is 12.1. The smallest absolute Gasteiger partial charge is 0.327 e. The topological polar surface area (TPSA) is 89.1 Å². The summed E-state index contributed by atoms with van der Waals surface area (Å²) in [5.74, 6) is 0.352. The van der Waals surface area contributed by atoms with Crippen LogP contribution >= 0.6 is 0 Å². The van der Waals surface area contributed by atoms with Gasteiger partial charge >= 0.3 is 5.69 Å². The minimum atomic E-state index is -0.258. The van der Waals surface area contributed by atoms with Gasteiger partial charge in [0.2, 0.25) is 0 Å². The van der Waals surface area contributed by atoms with Crippen LogP contribution in [-0.2, 0) is 0 Å². The summed E-state index contributed by atoms with van der Waals surface area (Å²) in [4.78, 5) is 17.2. The van der Waals surface area contributed by atoms with E-state index in [-0.39, 0.29) is 11.7 Å². The molecule has 1 aliphatic carbocycles. The van der Waals surface area contributed by atoms with Gasteiger partial charge < -0.3 is 5.73 Å². The molecule has 3 heterocycles. The van der Waals surface area contributed by atoms with Crippen LogP contribution in [0.25, 0.3) is 38.9 Å². The van der Waals surface area contributed by atoms with Crippen LogP contribution in [0.5, 0.6) is 0 Å². The second-order valence-corrected chi connectivity index (χ2v) is 8.16. The summed E-state index contributed by atoms with van der Waals surface area (Å²) < 4.78 is 1.51. The number of nitrogens with zero attached hydrogens (tertiary/aromatic N) is 3. The van der Waals surface area contributed by atoms with Crippen molar-refractivity contribution >= 4 is 16.6 Å². The van der Waals surface area contributed by atoms with Gasteiger partial charge in [0, 0.05) is 28.8 Å². The van der Waals surface area contributed by atoms with E-state index in [0.29, 0.717) is 11.6 Å². The van der Waals surface area contributed by atoms with Crippen LogP contribution in [-0.4, -0.2) is 25.6 Å². The zero-order valence-corrected chi connectivity index (χ0v) is 16.8. The van der Waals surface area contributed by atoms with E-state index in [4.69, 9.17) is 10.7 Å². The summed E-state index contributed by atoms with van der Waals surface area (Å²) in [5, 5.41) is 7.60.